The molecule has 0 saturated carbocycles. The molecule has 2 rings (SSSR count). The van der Waals surface area contributed by atoms with Crippen LogP contribution in [0.4, 0.5) is 0 Å². The van der Waals surface area contributed by atoms with Gasteiger partial charge in [-0.2, -0.15) is 0 Å². The third kappa shape index (κ3) is 4.08. The summed E-state index contributed by atoms with van der Waals surface area (Å²) < 4.78 is 0.984. The fourth-order valence-corrected chi connectivity index (χ4v) is 2.97. The van der Waals surface area contributed by atoms with Crippen LogP contribution in [0.3, 0.4) is 0 Å². The van der Waals surface area contributed by atoms with Crippen molar-refractivity contribution in [1.82, 2.24) is 15.5 Å². The third-order valence-corrected chi connectivity index (χ3v) is 4.22. The van der Waals surface area contributed by atoms with Crippen molar-refractivity contribution in [2.75, 3.05) is 0 Å². The highest BCUT2D eigenvalue weighted by molar-refractivity contribution is 8.01. The molecule has 0 aliphatic rings. The number of nitrogens with zero attached hydrogens (tertiary/aromatic N) is 2. The number of hydrogen-bond donors (Lipinski definition) is 1. The van der Waals surface area contributed by atoms with Crippen molar-refractivity contribution in [1.29, 1.82) is 0 Å². The van der Waals surface area contributed by atoms with Crippen LogP contribution in [0.1, 0.15) is 26.3 Å². The molecule has 0 unspecified atom stereocenters. The summed E-state index contributed by atoms with van der Waals surface area (Å²) in [5, 5.41) is 11.5. The molecule has 1 heterocycles. The summed E-state index contributed by atoms with van der Waals surface area (Å²) in [6.45, 7) is 7.39. The Morgan fingerprint density at radius 1 is 1.28 bits per heavy atom. The lowest BCUT2D eigenvalue weighted by Crippen LogP contribution is -2.35. The Kier molecular flexibility index (Phi) is 4.37. The molecule has 2 aromatic rings. The third-order valence-electron chi connectivity index (χ3n) is 2.32. The van der Waals surface area contributed by atoms with E-state index in [2.05, 4.69) is 60.6 Å². The smallest absolute Gasteiger partial charge is 0.178 e. The van der Waals surface area contributed by atoms with Gasteiger partial charge in [0.05, 0.1) is 0 Å². The van der Waals surface area contributed by atoms with E-state index in [0.717, 1.165) is 10.9 Å². The zero-order valence-electron chi connectivity index (χ0n) is 10.8. The molecule has 0 spiro atoms. The molecular formula is C13H17N3S2. The van der Waals surface area contributed by atoms with Gasteiger partial charge in [-0.3, -0.25) is 0 Å². The standard InChI is InChI=1S/C13H17N3S2/c1-13(2,3)14-8-10-6-4-5-7-11(10)18-12-16-15-9-17-12/h4-7,9,14H,8H2,1-3H3. The van der Waals surface area contributed by atoms with Crippen LogP contribution in [0.15, 0.2) is 39.0 Å². The van der Waals surface area contributed by atoms with Gasteiger partial charge in [-0.1, -0.05) is 41.3 Å². The fourth-order valence-electron chi connectivity index (χ4n) is 1.41. The Morgan fingerprint density at radius 3 is 2.72 bits per heavy atom. The van der Waals surface area contributed by atoms with Crippen LogP contribution in [-0.4, -0.2) is 15.7 Å². The maximum Gasteiger partial charge on any atom is 0.178 e. The van der Waals surface area contributed by atoms with Crippen molar-refractivity contribution in [3.05, 3.63) is 35.3 Å². The Labute approximate surface area is 116 Å². The van der Waals surface area contributed by atoms with Gasteiger partial charge in [0.2, 0.25) is 0 Å². The summed E-state index contributed by atoms with van der Waals surface area (Å²) in [4.78, 5) is 1.24. The zero-order chi connectivity index (χ0) is 13.0. The maximum absolute atomic E-state index is 4.07. The molecule has 0 aliphatic heterocycles. The van der Waals surface area contributed by atoms with E-state index in [0.29, 0.717) is 0 Å². The van der Waals surface area contributed by atoms with E-state index < -0.39 is 0 Å². The largest absolute Gasteiger partial charge is 0.308 e. The Hall–Kier alpha value is -0.910. The first-order valence-corrected chi connectivity index (χ1v) is 7.51. The van der Waals surface area contributed by atoms with E-state index in [9.17, 15) is 0 Å². The maximum atomic E-state index is 4.07. The lowest BCUT2D eigenvalue weighted by Gasteiger charge is -2.21. The van der Waals surface area contributed by atoms with Gasteiger partial charge in [-0.05, 0) is 32.4 Å². The molecule has 0 fully saturated rings. The monoisotopic (exact) mass is 279 g/mol. The Bertz CT molecular complexity index is 489. The summed E-state index contributed by atoms with van der Waals surface area (Å²) >= 11 is 3.25. The van der Waals surface area contributed by atoms with Crippen LogP contribution < -0.4 is 5.32 Å². The molecule has 0 atom stereocenters. The van der Waals surface area contributed by atoms with Gasteiger partial charge >= 0.3 is 0 Å². The first-order valence-electron chi connectivity index (χ1n) is 5.81. The van der Waals surface area contributed by atoms with E-state index in [1.54, 1.807) is 28.6 Å². The lowest BCUT2D eigenvalue weighted by atomic mass is 10.1. The van der Waals surface area contributed by atoms with Gasteiger partial charge in [0.25, 0.3) is 0 Å². The number of rotatable bonds is 4. The normalized spacial score (nSPS) is 11.7. The molecule has 0 bridgehead atoms. The summed E-state index contributed by atoms with van der Waals surface area (Å²) in [5.74, 6) is 0. The second-order valence-electron chi connectivity index (χ2n) is 5.02. The van der Waals surface area contributed by atoms with Crippen molar-refractivity contribution in [3.8, 4) is 0 Å². The summed E-state index contributed by atoms with van der Waals surface area (Å²) in [6, 6.07) is 8.42. The van der Waals surface area contributed by atoms with E-state index >= 15 is 0 Å². The SMILES string of the molecule is CC(C)(C)NCc1ccccc1Sc1nncs1. The van der Waals surface area contributed by atoms with Crippen LogP contribution in [0.25, 0.3) is 0 Å². The molecule has 3 nitrogen and oxygen atoms in total. The van der Waals surface area contributed by atoms with Crippen molar-refractivity contribution in [2.45, 2.75) is 42.1 Å². The molecule has 0 radical (unpaired) electrons. The minimum atomic E-state index is 0.126. The predicted molar refractivity (Wildman–Crippen MR) is 77.1 cm³/mol. The number of nitrogens with one attached hydrogen (secondary N) is 1. The molecule has 1 N–H and O–H groups in total. The van der Waals surface area contributed by atoms with E-state index in [1.165, 1.54) is 10.5 Å². The highest BCUT2D eigenvalue weighted by atomic mass is 32.2. The van der Waals surface area contributed by atoms with Crippen molar-refractivity contribution >= 4 is 23.1 Å². The molecule has 5 heteroatoms. The first-order chi connectivity index (χ1) is 8.54. The highest BCUT2D eigenvalue weighted by Crippen LogP contribution is 2.31. The van der Waals surface area contributed by atoms with E-state index in [1.807, 2.05) is 0 Å². The van der Waals surface area contributed by atoms with Crippen molar-refractivity contribution in [2.24, 2.45) is 0 Å². The molecule has 0 aliphatic carbocycles. The van der Waals surface area contributed by atoms with Crippen LogP contribution in [0.2, 0.25) is 0 Å². The molecule has 0 amide bonds. The summed E-state index contributed by atoms with van der Waals surface area (Å²) in [6.07, 6.45) is 0. The van der Waals surface area contributed by atoms with Gasteiger partial charge in [0.1, 0.15) is 5.51 Å². The Balaban J connectivity index is 2.10. The second-order valence-corrected chi connectivity index (χ2v) is 7.14. The molecular weight excluding hydrogens is 262 g/mol. The predicted octanol–water partition coefficient (Wildman–Crippen LogP) is 3.58. The Morgan fingerprint density at radius 2 is 2.06 bits per heavy atom. The van der Waals surface area contributed by atoms with Gasteiger partial charge in [-0.15, -0.1) is 10.2 Å². The van der Waals surface area contributed by atoms with Crippen LogP contribution >= 0.6 is 23.1 Å². The number of benzene rings is 1. The second kappa shape index (κ2) is 5.82. The van der Waals surface area contributed by atoms with Gasteiger partial charge in [0.15, 0.2) is 4.34 Å². The topological polar surface area (TPSA) is 37.8 Å². The van der Waals surface area contributed by atoms with Crippen LogP contribution in [0.5, 0.6) is 0 Å². The lowest BCUT2D eigenvalue weighted by molar-refractivity contribution is 0.422. The first kappa shape index (κ1) is 13.5. The number of aromatic nitrogens is 2. The molecule has 1 aromatic carbocycles. The van der Waals surface area contributed by atoms with E-state index in [4.69, 9.17) is 0 Å². The van der Waals surface area contributed by atoms with Gasteiger partial charge in [0, 0.05) is 17.0 Å². The highest BCUT2D eigenvalue weighted by Gasteiger charge is 2.11. The van der Waals surface area contributed by atoms with Crippen LogP contribution in [0, 0.1) is 0 Å². The van der Waals surface area contributed by atoms with Gasteiger partial charge in [-0.25, -0.2) is 0 Å². The fraction of sp³-hybridized carbons (Fsp3) is 0.385. The minimum Gasteiger partial charge on any atom is -0.308 e. The van der Waals surface area contributed by atoms with Crippen molar-refractivity contribution < 1.29 is 0 Å². The van der Waals surface area contributed by atoms with Crippen LogP contribution in [-0.2, 0) is 6.54 Å². The summed E-state index contributed by atoms with van der Waals surface area (Å²) in [7, 11) is 0. The molecule has 96 valence electrons. The molecule has 18 heavy (non-hydrogen) atoms. The zero-order valence-corrected chi connectivity index (χ0v) is 12.4. The van der Waals surface area contributed by atoms with E-state index in [-0.39, 0.29) is 5.54 Å². The average Bonchev–Trinajstić information content (AvgIpc) is 2.80. The molecule has 1 aromatic heterocycles. The number of hydrogen-bond acceptors (Lipinski definition) is 5. The summed E-state index contributed by atoms with van der Waals surface area (Å²) in [5.41, 5.74) is 3.19. The van der Waals surface area contributed by atoms with Gasteiger partial charge < -0.3 is 5.32 Å². The quantitative estimate of drug-likeness (QED) is 0.928. The average molecular weight is 279 g/mol. The minimum absolute atomic E-state index is 0.126. The molecule has 0 saturated heterocycles. The van der Waals surface area contributed by atoms with Crippen molar-refractivity contribution in [3.63, 3.8) is 0 Å².